The smallest absolute Gasteiger partial charge is 0.233 e. The molecule has 6 heteroatoms. The minimum Gasteiger partial charge on any atom is -0.474 e. The van der Waals surface area contributed by atoms with Gasteiger partial charge in [0.1, 0.15) is 11.6 Å². The maximum Gasteiger partial charge on any atom is 0.233 e. The number of nitrogens with one attached hydrogen (secondary N) is 1. The number of pyridine rings is 1. The molecule has 2 rings (SSSR count). The molecule has 0 aromatic carbocycles. The summed E-state index contributed by atoms with van der Waals surface area (Å²) in [4.78, 5) is 7.55. The van der Waals surface area contributed by atoms with E-state index in [0.717, 1.165) is 11.1 Å². The van der Waals surface area contributed by atoms with Crippen molar-refractivity contribution in [3.05, 3.63) is 35.5 Å². The zero-order chi connectivity index (χ0) is 16.2. The molecule has 116 valence electrons. The molecule has 2 aromatic heterocycles. The van der Waals surface area contributed by atoms with E-state index in [1.54, 1.807) is 18.3 Å². The van der Waals surface area contributed by atoms with Crippen LogP contribution in [-0.4, -0.2) is 29.8 Å². The highest BCUT2D eigenvalue weighted by Crippen LogP contribution is 2.33. The van der Waals surface area contributed by atoms with Crippen LogP contribution in [0.3, 0.4) is 0 Å². The number of fused-ring (bicyclic) bond motifs is 1. The van der Waals surface area contributed by atoms with Gasteiger partial charge in [-0.1, -0.05) is 17.7 Å². The molecule has 0 aliphatic heterocycles. The molecular weight excluding hydrogens is 302 g/mol. The standard InChI is InChI=1S/C16H18ClN3O2/c1-4-5-21-6-7-22-15-12(17)8-13-14(20-15)11(9-19-13)16(2,3)10-18/h4,8-9,19H,1,5-7H2,2-3H3. The summed E-state index contributed by atoms with van der Waals surface area (Å²) in [6.45, 7) is 8.49. The summed E-state index contributed by atoms with van der Waals surface area (Å²) in [5.74, 6) is 0.339. The molecule has 0 amide bonds. The number of halogens is 1. The maximum atomic E-state index is 9.30. The number of ether oxygens (including phenoxy) is 2. The Labute approximate surface area is 134 Å². The minimum atomic E-state index is -0.649. The van der Waals surface area contributed by atoms with Crippen molar-refractivity contribution in [2.75, 3.05) is 19.8 Å². The molecule has 2 heterocycles. The fourth-order valence-corrected chi connectivity index (χ4v) is 2.21. The average Bonchev–Trinajstić information content (AvgIpc) is 2.90. The molecule has 22 heavy (non-hydrogen) atoms. The van der Waals surface area contributed by atoms with Gasteiger partial charge in [0, 0.05) is 11.8 Å². The van der Waals surface area contributed by atoms with Crippen molar-refractivity contribution in [3.8, 4) is 11.9 Å². The van der Waals surface area contributed by atoms with Crippen LogP contribution in [0, 0.1) is 11.3 Å². The molecule has 0 aliphatic rings. The SMILES string of the molecule is C=CCOCCOc1nc2c(C(C)(C)C#N)c[nH]c2cc1Cl. The van der Waals surface area contributed by atoms with E-state index in [4.69, 9.17) is 21.1 Å². The fraction of sp³-hybridized carbons (Fsp3) is 0.375. The van der Waals surface area contributed by atoms with E-state index in [1.165, 1.54) is 0 Å². The van der Waals surface area contributed by atoms with Gasteiger partial charge in [-0.05, 0) is 19.9 Å². The van der Waals surface area contributed by atoms with Gasteiger partial charge in [-0.3, -0.25) is 0 Å². The average molecular weight is 320 g/mol. The van der Waals surface area contributed by atoms with Gasteiger partial charge in [0.15, 0.2) is 0 Å². The third-order valence-corrected chi connectivity index (χ3v) is 3.50. The topological polar surface area (TPSA) is 70.9 Å². The Morgan fingerprint density at radius 1 is 1.50 bits per heavy atom. The van der Waals surface area contributed by atoms with Crippen molar-refractivity contribution >= 4 is 22.6 Å². The number of nitrogens with zero attached hydrogens (tertiary/aromatic N) is 2. The number of hydrogen-bond donors (Lipinski definition) is 1. The second kappa shape index (κ2) is 6.82. The van der Waals surface area contributed by atoms with Gasteiger partial charge in [0.2, 0.25) is 5.88 Å². The summed E-state index contributed by atoms with van der Waals surface area (Å²) in [5.41, 5.74) is 1.63. The van der Waals surface area contributed by atoms with E-state index in [1.807, 2.05) is 13.8 Å². The van der Waals surface area contributed by atoms with Crippen LogP contribution < -0.4 is 4.74 Å². The first-order valence-electron chi connectivity index (χ1n) is 6.90. The van der Waals surface area contributed by atoms with Crippen LogP contribution in [-0.2, 0) is 10.2 Å². The zero-order valence-corrected chi connectivity index (χ0v) is 13.4. The molecule has 0 saturated heterocycles. The van der Waals surface area contributed by atoms with Crippen molar-refractivity contribution in [1.82, 2.24) is 9.97 Å². The quantitative estimate of drug-likeness (QED) is 0.625. The van der Waals surface area contributed by atoms with Crippen molar-refractivity contribution in [2.24, 2.45) is 0 Å². The Hall–Kier alpha value is -2.03. The third-order valence-electron chi connectivity index (χ3n) is 3.23. The number of rotatable bonds is 7. The van der Waals surface area contributed by atoms with Gasteiger partial charge in [0.25, 0.3) is 0 Å². The molecule has 0 fully saturated rings. The lowest BCUT2D eigenvalue weighted by molar-refractivity contribution is 0.119. The van der Waals surface area contributed by atoms with Crippen LogP contribution in [0.4, 0.5) is 0 Å². The normalized spacial score (nSPS) is 11.4. The first-order valence-corrected chi connectivity index (χ1v) is 7.28. The first-order chi connectivity index (χ1) is 10.5. The highest BCUT2D eigenvalue weighted by molar-refractivity contribution is 6.32. The molecule has 0 aliphatic carbocycles. The minimum absolute atomic E-state index is 0.339. The van der Waals surface area contributed by atoms with Crippen LogP contribution in [0.1, 0.15) is 19.4 Å². The van der Waals surface area contributed by atoms with Crippen molar-refractivity contribution < 1.29 is 9.47 Å². The number of H-pyrrole nitrogens is 1. The second-order valence-electron chi connectivity index (χ2n) is 5.32. The van der Waals surface area contributed by atoms with Crippen molar-refractivity contribution in [3.63, 3.8) is 0 Å². The van der Waals surface area contributed by atoms with Crippen molar-refractivity contribution in [2.45, 2.75) is 19.3 Å². The highest BCUT2D eigenvalue weighted by atomic mass is 35.5. The predicted octanol–water partition coefficient (Wildman–Crippen LogP) is 3.60. The monoisotopic (exact) mass is 319 g/mol. The molecule has 0 radical (unpaired) electrons. The summed E-state index contributed by atoms with van der Waals surface area (Å²) in [7, 11) is 0. The van der Waals surface area contributed by atoms with Gasteiger partial charge in [-0.15, -0.1) is 6.58 Å². The Morgan fingerprint density at radius 3 is 2.95 bits per heavy atom. The number of aromatic nitrogens is 2. The molecule has 0 saturated carbocycles. The molecule has 0 spiro atoms. The predicted molar refractivity (Wildman–Crippen MR) is 86.3 cm³/mol. The molecule has 5 nitrogen and oxygen atoms in total. The zero-order valence-electron chi connectivity index (χ0n) is 12.6. The van der Waals surface area contributed by atoms with Crippen molar-refractivity contribution in [1.29, 1.82) is 5.26 Å². The maximum absolute atomic E-state index is 9.30. The highest BCUT2D eigenvalue weighted by Gasteiger charge is 2.25. The largest absolute Gasteiger partial charge is 0.474 e. The van der Waals surface area contributed by atoms with E-state index in [2.05, 4.69) is 22.6 Å². The molecule has 2 aromatic rings. The molecule has 1 N–H and O–H groups in total. The van der Waals surface area contributed by atoms with Gasteiger partial charge in [0.05, 0.1) is 35.7 Å². The van der Waals surface area contributed by atoms with Gasteiger partial charge < -0.3 is 14.5 Å². The van der Waals surface area contributed by atoms with E-state index in [0.29, 0.717) is 36.2 Å². The molecular formula is C16H18ClN3O2. The molecule has 0 bridgehead atoms. The Balaban J connectivity index is 2.25. The number of hydrogen-bond acceptors (Lipinski definition) is 4. The lowest BCUT2D eigenvalue weighted by Crippen LogP contribution is -2.13. The Morgan fingerprint density at radius 2 is 2.27 bits per heavy atom. The van der Waals surface area contributed by atoms with Crippen LogP contribution in [0.2, 0.25) is 5.02 Å². The third kappa shape index (κ3) is 3.41. The van der Waals surface area contributed by atoms with E-state index >= 15 is 0 Å². The Bertz CT molecular complexity index is 716. The first kappa shape index (κ1) is 16.3. The van der Waals surface area contributed by atoms with E-state index in [-0.39, 0.29) is 0 Å². The van der Waals surface area contributed by atoms with Gasteiger partial charge in [-0.2, -0.15) is 5.26 Å². The van der Waals surface area contributed by atoms with Gasteiger partial charge in [-0.25, -0.2) is 4.98 Å². The molecule has 0 unspecified atom stereocenters. The summed E-state index contributed by atoms with van der Waals surface area (Å²) in [6, 6.07) is 4.02. The summed E-state index contributed by atoms with van der Waals surface area (Å²) in [6.07, 6.45) is 3.46. The lowest BCUT2D eigenvalue weighted by atomic mass is 9.87. The lowest BCUT2D eigenvalue weighted by Gasteiger charge is -2.14. The summed E-state index contributed by atoms with van der Waals surface area (Å²) < 4.78 is 10.8. The van der Waals surface area contributed by atoms with Crippen LogP contribution in [0.15, 0.2) is 24.9 Å². The second-order valence-corrected chi connectivity index (χ2v) is 5.73. The van der Waals surface area contributed by atoms with Gasteiger partial charge >= 0.3 is 0 Å². The van der Waals surface area contributed by atoms with E-state index in [9.17, 15) is 5.26 Å². The van der Waals surface area contributed by atoms with Crippen LogP contribution in [0.5, 0.6) is 5.88 Å². The molecule has 0 atom stereocenters. The van der Waals surface area contributed by atoms with E-state index < -0.39 is 5.41 Å². The van der Waals surface area contributed by atoms with Crippen LogP contribution in [0.25, 0.3) is 11.0 Å². The summed E-state index contributed by atoms with van der Waals surface area (Å²) in [5, 5.41) is 9.72. The Kier molecular flexibility index (Phi) is 5.07. The fourth-order valence-electron chi connectivity index (χ4n) is 2.01. The summed E-state index contributed by atoms with van der Waals surface area (Å²) >= 11 is 6.17. The number of aromatic amines is 1. The van der Waals surface area contributed by atoms with Crippen LogP contribution >= 0.6 is 11.6 Å². The number of nitriles is 1.